The number of carbonyl (C=O) groups is 1. The fraction of sp³-hybridized carbons (Fsp3) is 0.588. The van der Waals surface area contributed by atoms with Gasteiger partial charge in [0.15, 0.2) is 11.6 Å². The molecule has 0 aliphatic heterocycles. The zero-order valence-corrected chi connectivity index (χ0v) is 12.7. The Morgan fingerprint density at radius 1 is 1.09 bits per heavy atom. The van der Waals surface area contributed by atoms with Crippen molar-refractivity contribution < 1.29 is 18.7 Å². The lowest BCUT2D eigenvalue weighted by Gasteiger charge is -2.56. The van der Waals surface area contributed by atoms with Crippen LogP contribution in [0.4, 0.5) is 19.3 Å². The Kier molecular flexibility index (Phi) is 3.25. The maximum atomic E-state index is 13.4. The fourth-order valence-electron chi connectivity index (χ4n) is 5.30. The predicted molar refractivity (Wildman–Crippen MR) is 81.1 cm³/mol. The standard InChI is InChI=1S/C17H20F2N2O2/c18-12-1-2-13(15(22)14(12)19)20-16(23)21-17-6-9-3-10(7-17)5-11(4-9)8-17/h1-2,9-11,22H,3-8H2,(H2,20,21,23). The van der Waals surface area contributed by atoms with Gasteiger partial charge in [-0.25, -0.2) is 9.18 Å². The van der Waals surface area contributed by atoms with Crippen LogP contribution < -0.4 is 10.6 Å². The zero-order chi connectivity index (χ0) is 16.2. The summed E-state index contributed by atoms with van der Waals surface area (Å²) < 4.78 is 26.4. The summed E-state index contributed by atoms with van der Waals surface area (Å²) in [5.74, 6) is -1.28. The molecule has 0 aromatic heterocycles. The largest absolute Gasteiger partial charge is 0.503 e. The number of hydrogen-bond acceptors (Lipinski definition) is 2. The molecule has 0 spiro atoms. The highest BCUT2D eigenvalue weighted by atomic mass is 19.2. The summed E-state index contributed by atoms with van der Waals surface area (Å²) in [5.41, 5.74) is -0.293. The van der Waals surface area contributed by atoms with Crippen LogP contribution in [0, 0.1) is 29.4 Å². The lowest BCUT2D eigenvalue weighted by atomic mass is 9.53. The van der Waals surface area contributed by atoms with Crippen molar-refractivity contribution in [2.45, 2.75) is 44.1 Å². The summed E-state index contributed by atoms with van der Waals surface area (Å²) >= 11 is 0. The number of amides is 2. The van der Waals surface area contributed by atoms with Crippen LogP contribution in [0.25, 0.3) is 0 Å². The van der Waals surface area contributed by atoms with Gasteiger partial charge in [-0.1, -0.05) is 0 Å². The van der Waals surface area contributed by atoms with Crippen LogP contribution in [-0.2, 0) is 0 Å². The Morgan fingerprint density at radius 3 is 2.22 bits per heavy atom. The van der Waals surface area contributed by atoms with Gasteiger partial charge in [0.05, 0.1) is 5.69 Å². The summed E-state index contributed by atoms with van der Waals surface area (Å²) in [5, 5.41) is 15.1. The number of rotatable bonds is 2. The molecule has 4 aliphatic carbocycles. The van der Waals surface area contributed by atoms with Crippen LogP contribution in [0.5, 0.6) is 5.75 Å². The molecule has 0 unspecified atom stereocenters. The molecule has 4 fully saturated rings. The first kappa shape index (κ1) is 14.7. The third-order valence-electron chi connectivity index (χ3n) is 5.73. The number of urea groups is 1. The highest BCUT2D eigenvalue weighted by Crippen LogP contribution is 2.55. The Morgan fingerprint density at radius 2 is 1.65 bits per heavy atom. The van der Waals surface area contributed by atoms with Gasteiger partial charge in [0.2, 0.25) is 5.82 Å². The number of phenols is 1. The Labute approximate surface area is 133 Å². The molecule has 4 aliphatic rings. The van der Waals surface area contributed by atoms with Crippen LogP contribution in [0.15, 0.2) is 12.1 Å². The second kappa shape index (κ2) is 5.08. The molecule has 4 bridgehead atoms. The fourth-order valence-corrected chi connectivity index (χ4v) is 5.30. The molecule has 0 heterocycles. The molecule has 2 amide bonds. The third-order valence-corrected chi connectivity index (χ3v) is 5.73. The SMILES string of the molecule is O=C(Nc1ccc(F)c(F)c1O)NC12CC3CC(CC(C3)C1)C2. The van der Waals surface area contributed by atoms with Crippen molar-refractivity contribution in [3.05, 3.63) is 23.8 Å². The maximum absolute atomic E-state index is 13.4. The number of carbonyl (C=O) groups excluding carboxylic acids is 1. The molecule has 0 radical (unpaired) electrons. The second-order valence-electron chi connectivity index (χ2n) is 7.53. The van der Waals surface area contributed by atoms with E-state index >= 15 is 0 Å². The Bertz CT molecular complexity index is 627. The lowest BCUT2D eigenvalue weighted by Crippen LogP contribution is -2.60. The van der Waals surface area contributed by atoms with Crippen LogP contribution in [0.1, 0.15) is 38.5 Å². The molecule has 3 N–H and O–H groups in total. The van der Waals surface area contributed by atoms with E-state index in [0.717, 1.165) is 31.4 Å². The number of halogens is 2. The normalized spacial score (nSPS) is 34.4. The minimum Gasteiger partial charge on any atom is -0.503 e. The van der Waals surface area contributed by atoms with Gasteiger partial charge in [0.1, 0.15) is 0 Å². The van der Waals surface area contributed by atoms with E-state index in [1.165, 1.54) is 19.3 Å². The van der Waals surface area contributed by atoms with Crippen LogP contribution in [-0.4, -0.2) is 16.7 Å². The number of hydrogen-bond donors (Lipinski definition) is 3. The van der Waals surface area contributed by atoms with E-state index in [0.29, 0.717) is 17.8 Å². The summed E-state index contributed by atoms with van der Waals surface area (Å²) in [6.45, 7) is 0. The first-order valence-corrected chi connectivity index (χ1v) is 8.20. The van der Waals surface area contributed by atoms with Crippen LogP contribution >= 0.6 is 0 Å². The molecule has 0 saturated heterocycles. The van der Waals surface area contributed by atoms with Gasteiger partial charge < -0.3 is 15.7 Å². The molecule has 1 aromatic carbocycles. The van der Waals surface area contributed by atoms with Crippen LogP contribution in [0.2, 0.25) is 0 Å². The minimum atomic E-state index is -1.35. The van der Waals surface area contributed by atoms with Gasteiger partial charge in [0, 0.05) is 5.54 Å². The van der Waals surface area contributed by atoms with Crippen molar-refractivity contribution in [1.82, 2.24) is 5.32 Å². The Balaban J connectivity index is 1.48. The summed E-state index contributed by atoms with van der Waals surface area (Å²) in [6, 6.07) is 1.58. The van der Waals surface area contributed by atoms with Gasteiger partial charge >= 0.3 is 6.03 Å². The molecule has 4 saturated carbocycles. The van der Waals surface area contributed by atoms with Crippen molar-refractivity contribution in [2.24, 2.45) is 17.8 Å². The van der Waals surface area contributed by atoms with Crippen molar-refractivity contribution in [3.63, 3.8) is 0 Å². The maximum Gasteiger partial charge on any atom is 0.319 e. The molecular formula is C17H20F2N2O2. The van der Waals surface area contributed by atoms with Crippen molar-refractivity contribution >= 4 is 11.7 Å². The third kappa shape index (κ3) is 2.54. The van der Waals surface area contributed by atoms with E-state index in [1.807, 2.05) is 0 Å². The molecule has 124 valence electrons. The first-order chi connectivity index (χ1) is 10.9. The summed E-state index contributed by atoms with van der Waals surface area (Å²) in [7, 11) is 0. The average Bonchev–Trinajstić information content (AvgIpc) is 2.46. The van der Waals surface area contributed by atoms with E-state index < -0.39 is 23.4 Å². The van der Waals surface area contributed by atoms with Gasteiger partial charge in [-0.3, -0.25) is 0 Å². The minimum absolute atomic E-state index is 0.119. The first-order valence-electron chi connectivity index (χ1n) is 8.20. The lowest BCUT2D eigenvalue weighted by molar-refractivity contribution is -0.0127. The van der Waals surface area contributed by atoms with Gasteiger partial charge in [-0.05, 0) is 68.4 Å². The van der Waals surface area contributed by atoms with Gasteiger partial charge in [-0.15, -0.1) is 0 Å². The number of benzene rings is 1. The van der Waals surface area contributed by atoms with E-state index in [9.17, 15) is 18.7 Å². The number of phenolic OH excluding ortho intramolecular Hbond substituents is 1. The van der Waals surface area contributed by atoms with Gasteiger partial charge in [0.25, 0.3) is 0 Å². The van der Waals surface area contributed by atoms with Gasteiger partial charge in [-0.2, -0.15) is 4.39 Å². The number of aromatic hydroxyl groups is 1. The summed E-state index contributed by atoms with van der Waals surface area (Å²) in [6.07, 6.45) is 6.80. The highest BCUT2D eigenvalue weighted by Gasteiger charge is 2.51. The van der Waals surface area contributed by atoms with Crippen molar-refractivity contribution in [2.75, 3.05) is 5.32 Å². The van der Waals surface area contributed by atoms with E-state index in [2.05, 4.69) is 10.6 Å². The van der Waals surface area contributed by atoms with E-state index in [4.69, 9.17) is 0 Å². The number of anilines is 1. The molecule has 0 atom stereocenters. The van der Waals surface area contributed by atoms with Crippen molar-refractivity contribution in [1.29, 1.82) is 0 Å². The molecule has 23 heavy (non-hydrogen) atoms. The quantitative estimate of drug-likeness (QED) is 0.726. The van der Waals surface area contributed by atoms with E-state index in [1.54, 1.807) is 0 Å². The molecular weight excluding hydrogens is 302 g/mol. The Hall–Kier alpha value is -1.85. The second-order valence-corrected chi connectivity index (χ2v) is 7.53. The number of nitrogens with one attached hydrogen (secondary N) is 2. The molecule has 1 aromatic rings. The highest BCUT2D eigenvalue weighted by molar-refractivity contribution is 5.91. The molecule has 6 heteroatoms. The topological polar surface area (TPSA) is 61.4 Å². The summed E-state index contributed by atoms with van der Waals surface area (Å²) in [4.78, 5) is 12.3. The smallest absolute Gasteiger partial charge is 0.319 e. The average molecular weight is 322 g/mol. The van der Waals surface area contributed by atoms with Crippen molar-refractivity contribution in [3.8, 4) is 5.75 Å². The molecule has 4 nitrogen and oxygen atoms in total. The molecule has 5 rings (SSSR count). The predicted octanol–water partition coefficient (Wildman–Crippen LogP) is 3.76. The van der Waals surface area contributed by atoms with Crippen LogP contribution in [0.3, 0.4) is 0 Å². The zero-order valence-electron chi connectivity index (χ0n) is 12.7. The monoisotopic (exact) mass is 322 g/mol. The van der Waals surface area contributed by atoms with E-state index in [-0.39, 0.29) is 11.2 Å².